The predicted molar refractivity (Wildman–Crippen MR) is 103 cm³/mol. The topological polar surface area (TPSA) is 44.8 Å². The van der Waals surface area contributed by atoms with Gasteiger partial charge in [-0.05, 0) is 43.5 Å². The highest BCUT2D eigenvalue weighted by Crippen LogP contribution is 2.34. The second kappa shape index (κ2) is 10.1. The lowest BCUT2D eigenvalue weighted by Gasteiger charge is -2.18. The molecular formula is C21H25ClO4. The zero-order valence-electron chi connectivity index (χ0n) is 15.4. The maximum absolute atomic E-state index is 12.3. The van der Waals surface area contributed by atoms with Crippen molar-refractivity contribution in [3.05, 3.63) is 59.7 Å². The monoisotopic (exact) mass is 376 g/mol. The van der Waals surface area contributed by atoms with Gasteiger partial charge in [-0.1, -0.05) is 43.3 Å². The average molecular weight is 377 g/mol. The van der Waals surface area contributed by atoms with Crippen molar-refractivity contribution in [2.75, 3.05) is 6.61 Å². The summed E-state index contributed by atoms with van der Waals surface area (Å²) in [6, 6.07) is 14.8. The molecule has 2 atom stereocenters. The smallest absolute Gasteiger partial charge is 0.328 e. The van der Waals surface area contributed by atoms with Gasteiger partial charge in [0.05, 0.1) is 12.7 Å². The van der Waals surface area contributed by atoms with Crippen LogP contribution in [0.1, 0.15) is 43.7 Å². The maximum Gasteiger partial charge on any atom is 0.328 e. The number of ether oxygens (including phenoxy) is 3. The standard InChI is InChI=1S/C21H25ClO4/c1-4-15(3)26-18-12-11-17(13-19(18)24-5-2)20(22)21(23)25-14-16-9-7-6-8-10-16/h6-13,15,20H,4-5,14H2,1-3H3. The summed E-state index contributed by atoms with van der Waals surface area (Å²) in [5.41, 5.74) is 1.53. The molecule has 0 N–H and O–H groups in total. The van der Waals surface area contributed by atoms with Crippen molar-refractivity contribution in [3.8, 4) is 11.5 Å². The van der Waals surface area contributed by atoms with Crippen LogP contribution in [-0.2, 0) is 16.1 Å². The van der Waals surface area contributed by atoms with Crippen LogP contribution in [0.25, 0.3) is 0 Å². The molecule has 0 aliphatic carbocycles. The molecular weight excluding hydrogens is 352 g/mol. The Hall–Kier alpha value is -2.20. The number of alkyl halides is 1. The number of esters is 1. The van der Waals surface area contributed by atoms with Crippen LogP contribution in [0.3, 0.4) is 0 Å². The van der Waals surface area contributed by atoms with E-state index in [4.69, 9.17) is 25.8 Å². The highest BCUT2D eigenvalue weighted by molar-refractivity contribution is 6.30. The van der Waals surface area contributed by atoms with Crippen molar-refractivity contribution in [2.45, 2.75) is 45.3 Å². The van der Waals surface area contributed by atoms with Crippen LogP contribution >= 0.6 is 11.6 Å². The molecule has 2 aromatic rings. The first-order valence-electron chi connectivity index (χ1n) is 8.83. The summed E-state index contributed by atoms with van der Waals surface area (Å²) >= 11 is 6.31. The Labute approximate surface area is 160 Å². The van der Waals surface area contributed by atoms with Gasteiger partial charge in [0.15, 0.2) is 16.9 Å². The molecule has 0 aliphatic heterocycles. The molecule has 0 saturated heterocycles. The van der Waals surface area contributed by atoms with Gasteiger partial charge in [-0.3, -0.25) is 4.79 Å². The number of rotatable bonds is 9. The van der Waals surface area contributed by atoms with Gasteiger partial charge in [0.25, 0.3) is 0 Å². The fourth-order valence-corrected chi connectivity index (χ4v) is 2.48. The van der Waals surface area contributed by atoms with Crippen LogP contribution in [0, 0.1) is 0 Å². The third kappa shape index (κ3) is 5.67. The van der Waals surface area contributed by atoms with Gasteiger partial charge < -0.3 is 14.2 Å². The van der Waals surface area contributed by atoms with Crippen molar-refractivity contribution in [3.63, 3.8) is 0 Å². The number of halogens is 1. The molecule has 2 aromatic carbocycles. The molecule has 4 nitrogen and oxygen atoms in total. The molecule has 0 saturated carbocycles. The number of carbonyl (C=O) groups excluding carboxylic acids is 1. The Morgan fingerprint density at radius 3 is 2.46 bits per heavy atom. The summed E-state index contributed by atoms with van der Waals surface area (Å²) in [6.45, 7) is 6.63. The van der Waals surface area contributed by atoms with Gasteiger partial charge in [-0.2, -0.15) is 0 Å². The molecule has 2 rings (SSSR count). The Kier molecular flexibility index (Phi) is 7.79. The average Bonchev–Trinajstić information content (AvgIpc) is 2.67. The second-order valence-corrected chi connectivity index (χ2v) is 6.37. The van der Waals surface area contributed by atoms with Gasteiger partial charge in [-0.15, -0.1) is 11.6 Å². The van der Waals surface area contributed by atoms with Crippen LogP contribution < -0.4 is 9.47 Å². The lowest BCUT2D eigenvalue weighted by atomic mass is 10.1. The van der Waals surface area contributed by atoms with Gasteiger partial charge in [-0.25, -0.2) is 0 Å². The van der Waals surface area contributed by atoms with Gasteiger partial charge in [0.2, 0.25) is 0 Å². The molecule has 5 heteroatoms. The van der Waals surface area contributed by atoms with Crippen molar-refractivity contribution in [1.29, 1.82) is 0 Å². The maximum atomic E-state index is 12.3. The molecule has 0 spiro atoms. The van der Waals surface area contributed by atoms with Crippen molar-refractivity contribution in [2.24, 2.45) is 0 Å². The summed E-state index contributed by atoms with van der Waals surface area (Å²) in [5.74, 6) is 0.729. The third-order valence-electron chi connectivity index (χ3n) is 3.89. The predicted octanol–water partition coefficient (Wildman–Crippen LogP) is 5.29. The molecule has 0 heterocycles. The van der Waals surface area contributed by atoms with Crippen molar-refractivity contribution < 1.29 is 19.0 Å². The van der Waals surface area contributed by atoms with Crippen molar-refractivity contribution >= 4 is 17.6 Å². The van der Waals surface area contributed by atoms with E-state index in [0.717, 1.165) is 12.0 Å². The van der Waals surface area contributed by atoms with E-state index in [1.54, 1.807) is 18.2 Å². The quantitative estimate of drug-likeness (QED) is 0.441. The minimum atomic E-state index is -0.907. The van der Waals surface area contributed by atoms with E-state index in [9.17, 15) is 4.79 Å². The largest absolute Gasteiger partial charge is 0.490 e. The lowest BCUT2D eigenvalue weighted by Crippen LogP contribution is -2.13. The lowest BCUT2D eigenvalue weighted by molar-refractivity contribution is -0.144. The number of hydrogen-bond acceptors (Lipinski definition) is 4. The highest BCUT2D eigenvalue weighted by Gasteiger charge is 2.21. The highest BCUT2D eigenvalue weighted by atomic mass is 35.5. The fraction of sp³-hybridized carbons (Fsp3) is 0.381. The van der Waals surface area contributed by atoms with Crippen LogP contribution in [0.15, 0.2) is 48.5 Å². The van der Waals surface area contributed by atoms with Gasteiger partial charge in [0.1, 0.15) is 6.61 Å². The summed E-state index contributed by atoms with van der Waals surface area (Å²) in [7, 11) is 0. The molecule has 0 radical (unpaired) electrons. The zero-order valence-corrected chi connectivity index (χ0v) is 16.2. The number of benzene rings is 2. The van der Waals surface area contributed by atoms with Gasteiger partial charge >= 0.3 is 5.97 Å². The van der Waals surface area contributed by atoms with E-state index in [-0.39, 0.29) is 12.7 Å². The molecule has 26 heavy (non-hydrogen) atoms. The normalized spacial score (nSPS) is 12.9. The Balaban J connectivity index is 2.08. The minimum Gasteiger partial charge on any atom is -0.490 e. The SMILES string of the molecule is CCOc1cc(C(Cl)C(=O)OCc2ccccc2)ccc1OC(C)CC. The molecule has 140 valence electrons. The Morgan fingerprint density at radius 2 is 1.81 bits per heavy atom. The van der Waals surface area contributed by atoms with Crippen LogP contribution in [-0.4, -0.2) is 18.7 Å². The van der Waals surface area contributed by atoms with Crippen molar-refractivity contribution in [1.82, 2.24) is 0 Å². The third-order valence-corrected chi connectivity index (χ3v) is 4.32. The second-order valence-electron chi connectivity index (χ2n) is 5.93. The van der Waals surface area contributed by atoms with E-state index in [1.165, 1.54) is 0 Å². The van der Waals surface area contributed by atoms with Gasteiger partial charge in [0, 0.05) is 0 Å². The fourth-order valence-electron chi connectivity index (χ4n) is 2.29. The summed E-state index contributed by atoms with van der Waals surface area (Å²) in [4.78, 5) is 12.3. The molecule has 0 fully saturated rings. The van der Waals surface area contributed by atoms with E-state index < -0.39 is 11.3 Å². The summed E-state index contributed by atoms with van der Waals surface area (Å²) in [5, 5.41) is -0.907. The first-order valence-corrected chi connectivity index (χ1v) is 9.26. The van der Waals surface area contributed by atoms with Crippen LogP contribution in [0.4, 0.5) is 0 Å². The number of carbonyl (C=O) groups is 1. The first-order chi connectivity index (χ1) is 12.5. The molecule has 0 bridgehead atoms. The Bertz CT molecular complexity index is 702. The summed E-state index contributed by atoms with van der Waals surface area (Å²) in [6.07, 6.45) is 0.958. The molecule has 0 aliphatic rings. The van der Waals surface area contributed by atoms with Crippen LogP contribution in [0.2, 0.25) is 0 Å². The van der Waals surface area contributed by atoms with E-state index in [0.29, 0.717) is 23.7 Å². The summed E-state index contributed by atoms with van der Waals surface area (Å²) < 4.78 is 16.8. The van der Waals surface area contributed by atoms with Crippen LogP contribution in [0.5, 0.6) is 11.5 Å². The van der Waals surface area contributed by atoms with E-state index in [2.05, 4.69) is 6.92 Å². The number of hydrogen-bond donors (Lipinski definition) is 0. The molecule has 0 amide bonds. The molecule has 2 unspecified atom stereocenters. The first kappa shape index (κ1) is 20.1. The molecule has 0 aromatic heterocycles. The Morgan fingerprint density at radius 1 is 1.08 bits per heavy atom. The van der Waals surface area contributed by atoms with E-state index >= 15 is 0 Å². The minimum absolute atomic E-state index is 0.0719. The zero-order chi connectivity index (χ0) is 18.9. The van der Waals surface area contributed by atoms with E-state index in [1.807, 2.05) is 44.2 Å².